The highest BCUT2D eigenvalue weighted by Crippen LogP contribution is 2.18. The molecule has 15 heavy (non-hydrogen) atoms. The number of hydrogen-bond donors (Lipinski definition) is 2. The van der Waals surface area contributed by atoms with Gasteiger partial charge in [0.15, 0.2) is 0 Å². The molecule has 0 saturated carbocycles. The van der Waals surface area contributed by atoms with Crippen LogP contribution in [0.4, 0.5) is 0 Å². The monoisotopic (exact) mass is 209 g/mol. The Morgan fingerprint density at radius 1 is 1.67 bits per heavy atom. The Hall–Kier alpha value is -1.78. The maximum Gasteiger partial charge on any atom is 0.143 e. The summed E-state index contributed by atoms with van der Waals surface area (Å²) in [6, 6.07) is 1.76. The molecule has 0 saturated heterocycles. The SMILES string of the molecule is CC(C)Oc1ccncc1C/C(N)=N/O. The van der Waals surface area contributed by atoms with Crippen LogP contribution in [0, 0.1) is 0 Å². The van der Waals surface area contributed by atoms with Gasteiger partial charge in [0, 0.05) is 24.4 Å². The standard InChI is InChI=1S/C10H15N3O2/c1-7(2)15-9-3-4-12-6-8(9)5-10(11)13-14/h3-4,6-7,14H,5H2,1-2H3,(H2,11,13). The third-order valence-corrected chi connectivity index (χ3v) is 1.72. The van der Waals surface area contributed by atoms with Crippen molar-refractivity contribution in [2.24, 2.45) is 10.9 Å². The molecule has 5 nitrogen and oxygen atoms in total. The summed E-state index contributed by atoms with van der Waals surface area (Å²) < 4.78 is 5.56. The maximum atomic E-state index is 8.47. The molecule has 1 heterocycles. The average molecular weight is 209 g/mol. The van der Waals surface area contributed by atoms with E-state index >= 15 is 0 Å². The zero-order valence-electron chi connectivity index (χ0n) is 8.84. The van der Waals surface area contributed by atoms with E-state index in [1.54, 1.807) is 18.5 Å². The van der Waals surface area contributed by atoms with Gasteiger partial charge in [0.1, 0.15) is 11.6 Å². The third kappa shape index (κ3) is 3.46. The first-order valence-corrected chi connectivity index (χ1v) is 4.69. The molecule has 0 aliphatic rings. The van der Waals surface area contributed by atoms with Gasteiger partial charge in [-0.3, -0.25) is 4.98 Å². The fourth-order valence-corrected chi connectivity index (χ4v) is 1.15. The lowest BCUT2D eigenvalue weighted by molar-refractivity contribution is 0.240. The fourth-order valence-electron chi connectivity index (χ4n) is 1.15. The molecule has 0 aromatic carbocycles. The third-order valence-electron chi connectivity index (χ3n) is 1.72. The van der Waals surface area contributed by atoms with Crippen molar-refractivity contribution in [3.63, 3.8) is 0 Å². The number of aromatic nitrogens is 1. The number of pyridine rings is 1. The summed E-state index contributed by atoms with van der Waals surface area (Å²) in [4.78, 5) is 3.97. The Morgan fingerprint density at radius 3 is 3.00 bits per heavy atom. The van der Waals surface area contributed by atoms with Crippen LogP contribution in [0.25, 0.3) is 0 Å². The topological polar surface area (TPSA) is 80.7 Å². The number of oxime groups is 1. The van der Waals surface area contributed by atoms with Crippen LogP contribution in [0.5, 0.6) is 5.75 Å². The molecule has 1 aromatic heterocycles. The number of rotatable bonds is 4. The molecule has 0 amide bonds. The smallest absolute Gasteiger partial charge is 0.143 e. The predicted molar refractivity (Wildman–Crippen MR) is 57.1 cm³/mol. The highest BCUT2D eigenvalue weighted by Gasteiger charge is 2.07. The van der Waals surface area contributed by atoms with Gasteiger partial charge in [0.05, 0.1) is 6.10 Å². The van der Waals surface area contributed by atoms with E-state index in [0.717, 1.165) is 5.56 Å². The van der Waals surface area contributed by atoms with Gasteiger partial charge in [0.2, 0.25) is 0 Å². The molecule has 0 bridgehead atoms. The van der Waals surface area contributed by atoms with Crippen molar-refractivity contribution >= 4 is 5.84 Å². The minimum atomic E-state index is 0.0819. The van der Waals surface area contributed by atoms with E-state index in [2.05, 4.69) is 10.1 Å². The van der Waals surface area contributed by atoms with Crippen molar-refractivity contribution in [2.45, 2.75) is 26.4 Å². The molecule has 0 spiro atoms. The Morgan fingerprint density at radius 2 is 2.40 bits per heavy atom. The van der Waals surface area contributed by atoms with Crippen molar-refractivity contribution in [2.75, 3.05) is 0 Å². The molecular weight excluding hydrogens is 194 g/mol. The van der Waals surface area contributed by atoms with E-state index in [1.165, 1.54) is 0 Å². The molecule has 0 aliphatic carbocycles. The first-order chi connectivity index (χ1) is 7.13. The van der Waals surface area contributed by atoms with E-state index in [1.807, 2.05) is 13.8 Å². The van der Waals surface area contributed by atoms with Gasteiger partial charge < -0.3 is 15.7 Å². The van der Waals surface area contributed by atoms with E-state index in [0.29, 0.717) is 12.2 Å². The number of ether oxygens (including phenoxy) is 1. The Balaban J connectivity index is 2.86. The minimum Gasteiger partial charge on any atom is -0.491 e. The fraction of sp³-hybridized carbons (Fsp3) is 0.400. The van der Waals surface area contributed by atoms with E-state index in [-0.39, 0.29) is 11.9 Å². The predicted octanol–water partition coefficient (Wildman–Crippen LogP) is 1.16. The molecule has 82 valence electrons. The second kappa shape index (κ2) is 5.19. The normalized spacial score (nSPS) is 11.8. The molecule has 0 radical (unpaired) electrons. The second-order valence-corrected chi connectivity index (χ2v) is 3.42. The summed E-state index contributed by atoms with van der Waals surface area (Å²) in [5.74, 6) is 0.850. The Bertz CT molecular complexity index is 350. The first kappa shape index (κ1) is 11.3. The summed E-state index contributed by atoms with van der Waals surface area (Å²) in [5.41, 5.74) is 6.23. The number of nitrogens with two attached hydrogens (primary N) is 1. The van der Waals surface area contributed by atoms with Crippen molar-refractivity contribution in [1.82, 2.24) is 4.98 Å². The minimum absolute atomic E-state index is 0.0819. The Labute approximate surface area is 88.6 Å². The van der Waals surface area contributed by atoms with Gasteiger partial charge in [-0.25, -0.2) is 0 Å². The van der Waals surface area contributed by atoms with Crippen LogP contribution in [-0.4, -0.2) is 22.1 Å². The second-order valence-electron chi connectivity index (χ2n) is 3.42. The van der Waals surface area contributed by atoms with Crippen LogP contribution in [0.3, 0.4) is 0 Å². The van der Waals surface area contributed by atoms with Crippen molar-refractivity contribution < 1.29 is 9.94 Å². The molecule has 1 aromatic rings. The van der Waals surface area contributed by atoms with Gasteiger partial charge in [0.25, 0.3) is 0 Å². The number of hydrogen-bond acceptors (Lipinski definition) is 4. The average Bonchev–Trinajstić information content (AvgIpc) is 2.20. The summed E-state index contributed by atoms with van der Waals surface area (Å²) in [7, 11) is 0. The quantitative estimate of drug-likeness (QED) is 0.337. The lowest BCUT2D eigenvalue weighted by Crippen LogP contribution is -2.16. The molecule has 0 aliphatic heterocycles. The maximum absolute atomic E-state index is 8.47. The van der Waals surface area contributed by atoms with Crippen LogP contribution < -0.4 is 10.5 Å². The molecule has 1 rings (SSSR count). The van der Waals surface area contributed by atoms with Crippen LogP contribution >= 0.6 is 0 Å². The molecule has 0 unspecified atom stereocenters. The number of nitrogens with zero attached hydrogens (tertiary/aromatic N) is 2. The summed E-state index contributed by atoms with van der Waals surface area (Å²) in [6.45, 7) is 3.88. The summed E-state index contributed by atoms with van der Waals surface area (Å²) in [5, 5.41) is 11.4. The highest BCUT2D eigenvalue weighted by atomic mass is 16.5. The summed E-state index contributed by atoms with van der Waals surface area (Å²) >= 11 is 0. The van der Waals surface area contributed by atoms with Gasteiger partial charge in [-0.15, -0.1) is 0 Å². The van der Waals surface area contributed by atoms with Crippen molar-refractivity contribution in [1.29, 1.82) is 0 Å². The van der Waals surface area contributed by atoms with Gasteiger partial charge in [-0.2, -0.15) is 0 Å². The van der Waals surface area contributed by atoms with Crippen LogP contribution in [0.15, 0.2) is 23.6 Å². The zero-order chi connectivity index (χ0) is 11.3. The van der Waals surface area contributed by atoms with Gasteiger partial charge in [-0.05, 0) is 19.9 Å². The van der Waals surface area contributed by atoms with Gasteiger partial charge in [-0.1, -0.05) is 5.16 Å². The van der Waals surface area contributed by atoms with E-state index in [9.17, 15) is 0 Å². The van der Waals surface area contributed by atoms with Crippen molar-refractivity contribution in [3.8, 4) is 5.75 Å². The highest BCUT2D eigenvalue weighted by molar-refractivity contribution is 5.82. The van der Waals surface area contributed by atoms with Crippen LogP contribution in [-0.2, 0) is 6.42 Å². The lowest BCUT2D eigenvalue weighted by Gasteiger charge is -2.13. The van der Waals surface area contributed by atoms with Crippen molar-refractivity contribution in [3.05, 3.63) is 24.0 Å². The molecular formula is C10H15N3O2. The van der Waals surface area contributed by atoms with Crippen LogP contribution in [0.1, 0.15) is 19.4 Å². The molecule has 3 N–H and O–H groups in total. The first-order valence-electron chi connectivity index (χ1n) is 4.69. The van der Waals surface area contributed by atoms with E-state index in [4.69, 9.17) is 15.7 Å². The largest absolute Gasteiger partial charge is 0.491 e. The molecule has 0 atom stereocenters. The number of amidine groups is 1. The zero-order valence-corrected chi connectivity index (χ0v) is 8.84. The van der Waals surface area contributed by atoms with Crippen LogP contribution in [0.2, 0.25) is 0 Å². The summed E-state index contributed by atoms with van der Waals surface area (Å²) in [6.07, 6.45) is 3.70. The lowest BCUT2D eigenvalue weighted by atomic mass is 10.2. The van der Waals surface area contributed by atoms with Gasteiger partial charge >= 0.3 is 0 Å². The molecule has 0 fully saturated rings. The molecule has 5 heteroatoms. The van der Waals surface area contributed by atoms with E-state index < -0.39 is 0 Å². The Kier molecular flexibility index (Phi) is 3.91.